The van der Waals surface area contributed by atoms with Crippen LogP contribution in [0.3, 0.4) is 0 Å². The van der Waals surface area contributed by atoms with E-state index in [-0.39, 0.29) is 11.2 Å². The zero-order chi connectivity index (χ0) is 9.97. The van der Waals surface area contributed by atoms with Crippen LogP contribution in [0.2, 0.25) is 0 Å². The molecule has 74 valence electrons. The SMILES string of the molecule is Fc1cncc(C2=CC(Cl)CCC2)c1. The number of nitrogens with zero attached hydrogens (tertiary/aromatic N) is 1. The van der Waals surface area contributed by atoms with E-state index < -0.39 is 0 Å². The molecule has 0 aromatic carbocycles. The van der Waals surface area contributed by atoms with Crippen LogP contribution in [-0.2, 0) is 0 Å². The summed E-state index contributed by atoms with van der Waals surface area (Å²) in [5.41, 5.74) is 1.97. The van der Waals surface area contributed by atoms with E-state index in [1.54, 1.807) is 6.20 Å². The lowest BCUT2D eigenvalue weighted by Gasteiger charge is -2.16. The zero-order valence-corrected chi connectivity index (χ0v) is 8.47. The van der Waals surface area contributed by atoms with Crippen LogP contribution in [-0.4, -0.2) is 10.4 Å². The molecule has 1 aromatic rings. The molecule has 2 rings (SSSR count). The fourth-order valence-electron chi connectivity index (χ4n) is 1.70. The van der Waals surface area contributed by atoms with Crippen LogP contribution in [0.1, 0.15) is 24.8 Å². The summed E-state index contributed by atoms with van der Waals surface area (Å²) in [5, 5.41) is 0.0852. The third-order valence-electron chi connectivity index (χ3n) is 2.38. The Morgan fingerprint density at radius 1 is 1.43 bits per heavy atom. The maximum absolute atomic E-state index is 12.9. The highest BCUT2D eigenvalue weighted by atomic mass is 35.5. The highest BCUT2D eigenvalue weighted by molar-refractivity contribution is 6.22. The summed E-state index contributed by atoms with van der Waals surface area (Å²) < 4.78 is 12.9. The quantitative estimate of drug-likeness (QED) is 0.649. The standard InChI is InChI=1S/C11H11ClFN/c12-10-3-1-2-8(4-10)9-5-11(13)7-14-6-9/h4-7,10H,1-3H2. The van der Waals surface area contributed by atoms with Gasteiger partial charge in [0.1, 0.15) is 5.82 Å². The topological polar surface area (TPSA) is 12.9 Å². The third-order valence-corrected chi connectivity index (χ3v) is 2.73. The lowest BCUT2D eigenvalue weighted by Crippen LogP contribution is -2.03. The van der Waals surface area contributed by atoms with Crippen LogP contribution in [0, 0.1) is 5.82 Å². The summed E-state index contributed by atoms with van der Waals surface area (Å²) in [4.78, 5) is 3.83. The van der Waals surface area contributed by atoms with E-state index in [0.717, 1.165) is 30.4 Å². The molecule has 0 spiro atoms. The number of pyridine rings is 1. The van der Waals surface area contributed by atoms with E-state index >= 15 is 0 Å². The first-order valence-corrected chi connectivity index (χ1v) is 5.15. The maximum atomic E-state index is 12.9. The van der Waals surface area contributed by atoms with Crippen molar-refractivity contribution in [2.45, 2.75) is 24.6 Å². The molecule has 14 heavy (non-hydrogen) atoms. The maximum Gasteiger partial charge on any atom is 0.142 e. The van der Waals surface area contributed by atoms with E-state index in [0.29, 0.717) is 0 Å². The predicted octanol–water partition coefficient (Wildman–Crippen LogP) is 3.40. The summed E-state index contributed by atoms with van der Waals surface area (Å²) >= 11 is 6.01. The number of allylic oxidation sites excluding steroid dienone is 2. The molecule has 1 aliphatic rings. The van der Waals surface area contributed by atoms with Gasteiger partial charge in [0.15, 0.2) is 0 Å². The lowest BCUT2D eigenvalue weighted by molar-refractivity contribution is 0.620. The summed E-state index contributed by atoms with van der Waals surface area (Å²) in [6.45, 7) is 0. The molecule has 1 unspecified atom stereocenters. The minimum absolute atomic E-state index is 0.0852. The normalized spacial score (nSPS) is 21.9. The largest absolute Gasteiger partial charge is 0.261 e. The molecule has 0 saturated heterocycles. The van der Waals surface area contributed by atoms with Crippen LogP contribution in [0.15, 0.2) is 24.5 Å². The Balaban J connectivity index is 2.30. The number of aromatic nitrogens is 1. The van der Waals surface area contributed by atoms with E-state index in [1.807, 2.05) is 6.08 Å². The second kappa shape index (κ2) is 4.09. The summed E-state index contributed by atoms with van der Waals surface area (Å²) in [6.07, 6.45) is 7.94. The average Bonchev–Trinajstić information content (AvgIpc) is 2.18. The van der Waals surface area contributed by atoms with Gasteiger partial charge >= 0.3 is 0 Å². The summed E-state index contributed by atoms with van der Waals surface area (Å²) in [7, 11) is 0. The Hall–Kier alpha value is -0.890. The molecule has 0 N–H and O–H groups in total. The van der Waals surface area contributed by atoms with Crippen LogP contribution in [0.5, 0.6) is 0 Å². The van der Waals surface area contributed by atoms with Crippen molar-refractivity contribution >= 4 is 17.2 Å². The molecule has 1 atom stereocenters. The predicted molar refractivity (Wildman–Crippen MR) is 55.7 cm³/mol. The van der Waals surface area contributed by atoms with Crippen LogP contribution in [0.4, 0.5) is 4.39 Å². The smallest absolute Gasteiger partial charge is 0.142 e. The number of hydrogen-bond donors (Lipinski definition) is 0. The molecule has 1 aliphatic carbocycles. The Morgan fingerprint density at radius 3 is 3.00 bits per heavy atom. The molecule has 0 bridgehead atoms. The van der Waals surface area contributed by atoms with E-state index in [4.69, 9.17) is 11.6 Å². The van der Waals surface area contributed by atoms with E-state index in [9.17, 15) is 4.39 Å². The van der Waals surface area contributed by atoms with Crippen LogP contribution >= 0.6 is 11.6 Å². The lowest BCUT2D eigenvalue weighted by atomic mass is 9.94. The molecule has 3 heteroatoms. The van der Waals surface area contributed by atoms with Gasteiger partial charge in [0, 0.05) is 6.20 Å². The van der Waals surface area contributed by atoms with Gasteiger partial charge in [-0.2, -0.15) is 0 Å². The zero-order valence-electron chi connectivity index (χ0n) is 7.71. The van der Waals surface area contributed by atoms with Gasteiger partial charge in [-0.05, 0) is 36.5 Å². The van der Waals surface area contributed by atoms with Crippen molar-refractivity contribution in [1.82, 2.24) is 4.98 Å². The highest BCUT2D eigenvalue weighted by Crippen LogP contribution is 2.28. The second-order valence-electron chi connectivity index (χ2n) is 3.49. The number of hydrogen-bond acceptors (Lipinski definition) is 1. The molecule has 0 aliphatic heterocycles. The van der Waals surface area contributed by atoms with Gasteiger partial charge < -0.3 is 0 Å². The molecular formula is C11H11ClFN. The van der Waals surface area contributed by atoms with E-state index in [1.165, 1.54) is 12.3 Å². The molecule has 1 nitrogen and oxygen atoms in total. The highest BCUT2D eigenvalue weighted by Gasteiger charge is 2.12. The van der Waals surface area contributed by atoms with Gasteiger partial charge in [-0.3, -0.25) is 4.98 Å². The molecule has 1 heterocycles. The fraction of sp³-hybridized carbons (Fsp3) is 0.364. The van der Waals surface area contributed by atoms with Crippen molar-refractivity contribution in [2.24, 2.45) is 0 Å². The van der Waals surface area contributed by atoms with Gasteiger partial charge in [0.2, 0.25) is 0 Å². The second-order valence-corrected chi connectivity index (χ2v) is 4.05. The summed E-state index contributed by atoms with van der Waals surface area (Å²) in [6, 6.07) is 1.51. The number of halogens is 2. The van der Waals surface area contributed by atoms with Crippen molar-refractivity contribution in [2.75, 3.05) is 0 Å². The van der Waals surface area contributed by atoms with Gasteiger partial charge in [-0.15, -0.1) is 11.6 Å². The third kappa shape index (κ3) is 2.13. The van der Waals surface area contributed by atoms with Gasteiger partial charge in [-0.1, -0.05) is 6.08 Å². The minimum Gasteiger partial charge on any atom is -0.261 e. The molecule has 0 saturated carbocycles. The minimum atomic E-state index is -0.292. The van der Waals surface area contributed by atoms with E-state index in [2.05, 4.69) is 4.98 Å². The van der Waals surface area contributed by atoms with Crippen molar-refractivity contribution in [3.8, 4) is 0 Å². The van der Waals surface area contributed by atoms with Gasteiger partial charge in [0.05, 0.1) is 11.6 Å². The Morgan fingerprint density at radius 2 is 2.29 bits per heavy atom. The molecule has 1 aromatic heterocycles. The average molecular weight is 212 g/mol. The van der Waals surface area contributed by atoms with Crippen molar-refractivity contribution in [3.05, 3.63) is 35.9 Å². The first kappa shape index (κ1) is 9.66. The molecular weight excluding hydrogens is 201 g/mol. The molecule has 0 fully saturated rings. The monoisotopic (exact) mass is 211 g/mol. The number of alkyl halides is 1. The first-order chi connectivity index (χ1) is 6.75. The van der Waals surface area contributed by atoms with Crippen molar-refractivity contribution in [3.63, 3.8) is 0 Å². The van der Waals surface area contributed by atoms with Gasteiger partial charge in [-0.25, -0.2) is 4.39 Å². The van der Waals surface area contributed by atoms with Crippen molar-refractivity contribution < 1.29 is 4.39 Å². The van der Waals surface area contributed by atoms with Crippen LogP contribution in [0.25, 0.3) is 5.57 Å². The number of rotatable bonds is 1. The molecule has 0 amide bonds. The fourth-order valence-corrected chi connectivity index (χ4v) is 2.01. The Labute approximate surface area is 87.6 Å². The summed E-state index contributed by atoms with van der Waals surface area (Å²) in [5.74, 6) is -0.292. The Bertz CT molecular complexity index is 362. The Kier molecular flexibility index (Phi) is 2.82. The van der Waals surface area contributed by atoms with Gasteiger partial charge in [0.25, 0.3) is 0 Å². The van der Waals surface area contributed by atoms with Crippen LogP contribution < -0.4 is 0 Å². The molecule has 0 radical (unpaired) electrons. The first-order valence-electron chi connectivity index (χ1n) is 4.71. The van der Waals surface area contributed by atoms with Crippen molar-refractivity contribution in [1.29, 1.82) is 0 Å².